The van der Waals surface area contributed by atoms with E-state index in [2.05, 4.69) is 39.6 Å². The molecule has 1 saturated heterocycles. The van der Waals surface area contributed by atoms with Crippen molar-refractivity contribution in [3.8, 4) is 0 Å². The van der Waals surface area contributed by atoms with Crippen LogP contribution in [0.25, 0.3) is 0 Å². The van der Waals surface area contributed by atoms with Crippen LogP contribution in [0.1, 0.15) is 40.5 Å². The molecule has 0 radical (unpaired) electrons. The summed E-state index contributed by atoms with van der Waals surface area (Å²) in [7, 11) is 2.17. The first-order valence-electron chi connectivity index (χ1n) is 4.89. The maximum atomic E-state index is 5.27. The Labute approximate surface area is 81.2 Å². The van der Waals surface area contributed by atoms with Gasteiger partial charge in [0, 0.05) is 11.1 Å². The summed E-state index contributed by atoms with van der Waals surface area (Å²) in [5.41, 5.74) is 0.345. The Bertz CT molecular complexity index is 171. The molecule has 1 rings (SSSR count). The summed E-state index contributed by atoms with van der Waals surface area (Å²) in [5, 5.41) is 0. The lowest BCUT2D eigenvalue weighted by atomic mass is 9.79. The van der Waals surface area contributed by atoms with E-state index in [-0.39, 0.29) is 17.2 Å². The predicted molar refractivity (Wildman–Crippen MR) is 54.2 cm³/mol. The van der Waals surface area contributed by atoms with E-state index in [0.29, 0.717) is 0 Å². The van der Waals surface area contributed by atoms with E-state index in [1.54, 1.807) is 0 Å². The third-order valence-corrected chi connectivity index (χ3v) is 3.46. The first-order chi connectivity index (χ1) is 5.79. The van der Waals surface area contributed by atoms with Gasteiger partial charge in [0.1, 0.15) is 0 Å². The fraction of sp³-hybridized carbons (Fsp3) is 1.00. The average Bonchev–Trinajstić information content (AvgIpc) is 1.99. The minimum absolute atomic E-state index is 0.172. The van der Waals surface area contributed by atoms with E-state index in [1.807, 2.05) is 0 Å². The Morgan fingerprint density at radius 3 is 1.85 bits per heavy atom. The molecule has 0 amide bonds. The highest BCUT2D eigenvalue weighted by atomic mass is 16.6. The minimum atomic E-state index is 0.172. The van der Waals surface area contributed by atoms with Crippen molar-refractivity contribution in [1.82, 2.24) is 4.90 Å². The monoisotopic (exact) mass is 186 g/mol. The van der Waals surface area contributed by atoms with E-state index in [9.17, 15) is 0 Å². The lowest BCUT2D eigenvalue weighted by molar-refractivity contribution is -0.0927. The summed E-state index contributed by atoms with van der Waals surface area (Å²) in [6, 6.07) is 0. The third kappa shape index (κ3) is 2.03. The minimum Gasteiger partial charge on any atom is -0.301 e. The van der Waals surface area contributed by atoms with Crippen LogP contribution in [0.2, 0.25) is 0 Å². The Hall–Kier alpha value is -0.120. The maximum Gasteiger partial charge on any atom is 0.0822 e. The van der Waals surface area contributed by atoms with Crippen LogP contribution in [0.5, 0.6) is 0 Å². The Balaban J connectivity index is 2.82. The van der Waals surface area contributed by atoms with Crippen molar-refractivity contribution in [3.05, 3.63) is 0 Å². The van der Waals surface area contributed by atoms with Crippen LogP contribution in [-0.4, -0.2) is 29.1 Å². The second-order valence-electron chi connectivity index (χ2n) is 5.35. The molecule has 1 aliphatic rings. The Morgan fingerprint density at radius 2 is 1.54 bits per heavy atom. The van der Waals surface area contributed by atoms with Gasteiger partial charge in [0.05, 0.1) is 6.10 Å². The van der Waals surface area contributed by atoms with Crippen molar-refractivity contribution in [1.29, 1.82) is 0 Å². The molecule has 1 fully saturated rings. The molecule has 0 aromatic carbocycles. The number of nitrogens with zero attached hydrogens (tertiary/aromatic N) is 1. The maximum absolute atomic E-state index is 5.27. The molecular formula is C10H22N2O. The fourth-order valence-electron chi connectivity index (χ4n) is 2.38. The van der Waals surface area contributed by atoms with Gasteiger partial charge in [-0.05, 0) is 47.6 Å². The molecule has 0 atom stereocenters. The van der Waals surface area contributed by atoms with E-state index >= 15 is 0 Å². The van der Waals surface area contributed by atoms with Crippen molar-refractivity contribution >= 4 is 0 Å². The van der Waals surface area contributed by atoms with Gasteiger partial charge in [-0.2, -0.15) is 0 Å². The normalized spacial score (nSPS) is 29.1. The molecule has 78 valence electrons. The molecule has 1 aliphatic heterocycles. The topological polar surface area (TPSA) is 38.5 Å². The molecule has 3 nitrogen and oxygen atoms in total. The highest BCUT2D eigenvalue weighted by Crippen LogP contribution is 2.37. The van der Waals surface area contributed by atoms with Gasteiger partial charge in [0.2, 0.25) is 0 Å². The summed E-state index contributed by atoms with van der Waals surface area (Å²) in [6.45, 7) is 8.94. The second kappa shape index (κ2) is 3.23. The lowest BCUT2D eigenvalue weighted by Gasteiger charge is -2.53. The van der Waals surface area contributed by atoms with E-state index in [1.165, 1.54) is 0 Å². The van der Waals surface area contributed by atoms with Gasteiger partial charge in [-0.3, -0.25) is 4.90 Å². The van der Waals surface area contributed by atoms with Gasteiger partial charge >= 0.3 is 0 Å². The van der Waals surface area contributed by atoms with Gasteiger partial charge in [0.15, 0.2) is 0 Å². The molecule has 0 unspecified atom stereocenters. The van der Waals surface area contributed by atoms with Crippen LogP contribution in [0.4, 0.5) is 0 Å². The summed E-state index contributed by atoms with van der Waals surface area (Å²) in [6.07, 6.45) is 2.20. The Morgan fingerprint density at radius 1 is 1.15 bits per heavy atom. The smallest absolute Gasteiger partial charge is 0.0822 e. The predicted octanol–water partition coefficient (Wildman–Crippen LogP) is 1.53. The van der Waals surface area contributed by atoms with E-state index in [0.717, 1.165) is 12.8 Å². The Kier molecular flexibility index (Phi) is 2.72. The molecule has 1 heterocycles. The summed E-state index contributed by atoms with van der Waals surface area (Å²) >= 11 is 0. The number of likely N-dealkylation sites (tertiary alicyclic amines) is 1. The van der Waals surface area contributed by atoms with Gasteiger partial charge in [-0.25, -0.2) is 5.90 Å². The van der Waals surface area contributed by atoms with Gasteiger partial charge < -0.3 is 4.84 Å². The highest BCUT2D eigenvalue weighted by Gasteiger charge is 2.43. The molecule has 0 aromatic rings. The van der Waals surface area contributed by atoms with E-state index in [4.69, 9.17) is 10.7 Å². The zero-order valence-electron chi connectivity index (χ0n) is 9.42. The zero-order chi connectivity index (χ0) is 10.3. The number of rotatable bonds is 1. The van der Waals surface area contributed by atoms with Gasteiger partial charge in [-0.15, -0.1) is 0 Å². The van der Waals surface area contributed by atoms with Crippen molar-refractivity contribution in [2.45, 2.75) is 57.7 Å². The standard InChI is InChI=1S/C10H22N2O/c1-9(2)6-8(13-11)7-10(3,4)12(9)5/h8H,6-7,11H2,1-5H3. The number of nitrogens with two attached hydrogens (primary N) is 1. The molecule has 0 saturated carbocycles. The number of hydrogen-bond donors (Lipinski definition) is 1. The third-order valence-electron chi connectivity index (χ3n) is 3.46. The lowest BCUT2D eigenvalue weighted by Crippen LogP contribution is -2.60. The van der Waals surface area contributed by atoms with Crippen molar-refractivity contribution in [2.24, 2.45) is 5.90 Å². The van der Waals surface area contributed by atoms with Crippen LogP contribution in [0.15, 0.2) is 0 Å². The molecule has 0 bridgehead atoms. The molecular weight excluding hydrogens is 164 g/mol. The second-order valence-corrected chi connectivity index (χ2v) is 5.35. The van der Waals surface area contributed by atoms with Crippen molar-refractivity contribution in [2.75, 3.05) is 7.05 Å². The number of piperidine rings is 1. The number of hydrogen-bond acceptors (Lipinski definition) is 3. The van der Waals surface area contributed by atoms with Crippen LogP contribution >= 0.6 is 0 Å². The van der Waals surface area contributed by atoms with Crippen molar-refractivity contribution < 1.29 is 4.84 Å². The zero-order valence-corrected chi connectivity index (χ0v) is 9.42. The van der Waals surface area contributed by atoms with Crippen LogP contribution in [0, 0.1) is 0 Å². The van der Waals surface area contributed by atoms with E-state index < -0.39 is 0 Å². The quantitative estimate of drug-likeness (QED) is 0.631. The largest absolute Gasteiger partial charge is 0.301 e. The fourth-order valence-corrected chi connectivity index (χ4v) is 2.38. The summed E-state index contributed by atoms with van der Waals surface area (Å²) in [4.78, 5) is 7.40. The first kappa shape index (κ1) is 11.0. The van der Waals surface area contributed by atoms with Crippen LogP contribution in [0.3, 0.4) is 0 Å². The van der Waals surface area contributed by atoms with Gasteiger partial charge in [-0.1, -0.05) is 0 Å². The molecule has 3 heteroatoms. The van der Waals surface area contributed by atoms with Crippen molar-refractivity contribution in [3.63, 3.8) is 0 Å². The molecule has 0 aliphatic carbocycles. The van der Waals surface area contributed by atoms with Crippen LogP contribution < -0.4 is 5.90 Å². The molecule has 0 aromatic heterocycles. The molecule has 0 spiro atoms. The average molecular weight is 186 g/mol. The highest BCUT2D eigenvalue weighted by molar-refractivity contribution is 4.98. The first-order valence-corrected chi connectivity index (χ1v) is 4.89. The molecule has 13 heavy (non-hydrogen) atoms. The van der Waals surface area contributed by atoms with Crippen LogP contribution in [-0.2, 0) is 4.84 Å². The van der Waals surface area contributed by atoms with Gasteiger partial charge in [0.25, 0.3) is 0 Å². The SMILES string of the molecule is CN1C(C)(C)CC(ON)CC1(C)C. The summed E-state index contributed by atoms with van der Waals surface area (Å²) < 4.78 is 0. The molecule has 2 N–H and O–H groups in total. The summed E-state index contributed by atoms with van der Waals surface area (Å²) in [5.74, 6) is 5.27.